The van der Waals surface area contributed by atoms with Gasteiger partial charge in [-0.2, -0.15) is 4.31 Å². The second-order valence-corrected chi connectivity index (χ2v) is 15.3. The first-order valence-corrected chi connectivity index (χ1v) is 17.1. The van der Waals surface area contributed by atoms with E-state index in [-0.39, 0.29) is 40.6 Å². The average molecular weight is 699 g/mol. The van der Waals surface area contributed by atoms with E-state index in [9.17, 15) is 23.1 Å². The Hall–Kier alpha value is -3.88. The van der Waals surface area contributed by atoms with Gasteiger partial charge in [-0.05, 0) is 62.9 Å². The number of amides is 2. The van der Waals surface area contributed by atoms with Gasteiger partial charge in [-0.1, -0.05) is 47.5 Å². The first kappa shape index (κ1) is 33.0. The summed E-state index contributed by atoms with van der Waals surface area (Å²) < 4.78 is 31.5. The minimum absolute atomic E-state index is 0.0778. The van der Waals surface area contributed by atoms with Crippen molar-refractivity contribution in [2.24, 2.45) is 0 Å². The highest BCUT2D eigenvalue weighted by Gasteiger charge is 2.53. The number of anilines is 2. The first-order chi connectivity index (χ1) is 22.2. The molecule has 4 aromatic rings. The number of halogens is 2. The van der Waals surface area contributed by atoms with Crippen molar-refractivity contribution < 1.29 is 23.1 Å². The summed E-state index contributed by atoms with van der Waals surface area (Å²) in [6, 6.07) is 11.2. The Morgan fingerprint density at radius 2 is 1.72 bits per heavy atom. The minimum Gasteiger partial charge on any atom is -0.394 e. The molecule has 0 aliphatic carbocycles. The molecule has 12 nitrogen and oxygen atoms in total. The number of benzene rings is 2. The Labute approximate surface area is 282 Å². The zero-order valence-corrected chi connectivity index (χ0v) is 28.2. The van der Waals surface area contributed by atoms with Gasteiger partial charge in [-0.25, -0.2) is 28.3 Å². The van der Waals surface area contributed by atoms with Crippen molar-refractivity contribution in [3.8, 4) is 11.1 Å². The Morgan fingerprint density at radius 1 is 1.06 bits per heavy atom. The van der Waals surface area contributed by atoms with Crippen LogP contribution in [-0.4, -0.2) is 73.9 Å². The number of imidazole rings is 1. The van der Waals surface area contributed by atoms with Crippen LogP contribution >= 0.6 is 23.2 Å². The summed E-state index contributed by atoms with van der Waals surface area (Å²) in [7, 11) is -4.36. The molecule has 2 aliphatic rings. The highest BCUT2D eigenvalue weighted by atomic mass is 35.5. The molecule has 0 spiro atoms. The second-order valence-electron chi connectivity index (χ2n) is 12.6. The largest absolute Gasteiger partial charge is 0.394 e. The standard InChI is InChI=1S/C32H33Cl2N7O5S/c1-31(2,18-42)38-28(43)26-5-4-10-39(26)47(45,46)27-17-37-30-40(25-12-23(33)11-24(34)13-25)29(44)32(3,41(27)30)14-20-6-8-21(9-7-20)22-15-35-19-36-16-22/h6-9,11-13,15-17,19,26,42H,4-5,10,14,18H2,1-3H3,(H,38,43). The first-order valence-electron chi connectivity index (χ1n) is 14.9. The molecule has 2 aromatic carbocycles. The van der Waals surface area contributed by atoms with E-state index in [1.165, 1.54) is 28.1 Å². The molecule has 246 valence electrons. The lowest BCUT2D eigenvalue weighted by Gasteiger charge is -2.30. The molecular weight excluding hydrogens is 665 g/mol. The van der Waals surface area contributed by atoms with Gasteiger partial charge in [0.05, 0.1) is 24.0 Å². The summed E-state index contributed by atoms with van der Waals surface area (Å²) in [5.41, 5.74) is 0.386. The number of nitrogens with zero attached hydrogens (tertiary/aromatic N) is 6. The molecule has 0 saturated carbocycles. The maximum absolute atomic E-state index is 14.5. The number of aliphatic hydroxyl groups is 1. The number of aliphatic hydroxyl groups excluding tert-OH is 1. The number of hydrogen-bond donors (Lipinski definition) is 2. The van der Waals surface area contributed by atoms with Crippen molar-refractivity contribution in [1.82, 2.24) is 29.1 Å². The minimum atomic E-state index is -4.36. The van der Waals surface area contributed by atoms with Gasteiger partial charge in [0.25, 0.3) is 15.9 Å². The van der Waals surface area contributed by atoms with Crippen LogP contribution < -0.4 is 10.2 Å². The molecule has 2 aromatic heterocycles. The van der Waals surface area contributed by atoms with E-state index in [1.807, 2.05) is 24.3 Å². The highest BCUT2D eigenvalue weighted by Crippen LogP contribution is 2.45. The van der Waals surface area contributed by atoms with E-state index in [0.29, 0.717) is 18.5 Å². The monoisotopic (exact) mass is 697 g/mol. The van der Waals surface area contributed by atoms with E-state index >= 15 is 0 Å². The van der Waals surface area contributed by atoms with Crippen LogP contribution in [0.4, 0.5) is 11.6 Å². The number of nitrogens with one attached hydrogen (secondary N) is 1. The topological polar surface area (TPSA) is 151 Å². The molecule has 2 atom stereocenters. The molecule has 0 bridgehead atoms. The van der Waals surface area contributed by atoms with Crippen molar-refractivity contribution in [3.05, 3.63) is 83.0 Å². The van der Waals surface area contributed by atoms with Crippen LogP contribution in [0, 0.1) is 0 Å². The summed E-state index contributed by atoms with van der Waals surface area (Å²) >= 11 is 12.6. The molecular formula is C32H33Cl2N7O5S. The Balaban J connectivity index is 1.43. The van der Waals surface area contributed by atoms with Gasteiger partial charge in [0.1, 0.15) is 17.9 Å². The van der Waals surface area contributed by atoms with Gasteiger partial charge in [0, 0.05) is 41.0 Å². The van der Waals surface area contributed by atoms with Gasteiger partial charge >= 0.3 is 0 Å². The lowest BCUT2D eigenvalue weighted by molar-refractivity contribution is -0.126. The van der Waals surface area contributed by atoms with E-state index in [0.717, 1.165) is 21.0 Å². The zero-order chi connectivity index (χ0) is 33.7. The molecule has 6 rings (SSSR count). The van der Waals surface area contributed by atoms with Crippen molar-refractivity contribution >= 4 is 56.7 Å². The SMILES string of the molecule is CC(C)(CO)NC(=O)C1CCCN1S(=O)(=O)c1cnc2n1C(C)(Cc1ccc(-c3cncnc3)cc1)C(=O)N2c1cc(Cl)cc(Cl)c1. The molecule has 15 heteroatoms. The quantitative estimate of drug-likeness (QED) is 0.263. The van der Waals surface area contributed by atoms with Gasteiger partial charge in [0.15, 0.2) is 5.03 Å². The van der Waals surface area contributed by atoms with E-state index in [2.05, 4.69) is 20.3 Å². The zero-order valence-electron chi connectivity index (χ0n) is 25.9. The molecule has 1 saturated heterocycles. The van der Waals surface area contributed by atoms with Crippen molar-refractivity contribution in [3.63, 3.8) is 0 Å². The van der Waals surface area contributed by atoms with Crippen LogP contribution in [0.25, 0.3) is 11.1 Å². The molecule has 2 aliphatic heterocycles. The highest BCUT2D eigenvalue weighted by molar-refractivity contribution is 7.89. The maximum atomic E-state index is 14.5. The van der Waals surface area contributed by atoms with Gasteiger partial charge < -0.3 is 10.4 Å². The Kier molecular flexibility index (Phi) is 8.64. The fraction of sp³-hybridized carbons (Fsp3) is 0.344. The summed E-state index contributed by atoms with van der Waals surface area (Å²) in [6.07, 6.45) is 6.94. The second kappa shape index (κ2) is 12.3. The third kappa shape index (κ3) is 6.02. The number of fused-ring (bicyclic) bond motifs is 1. The molecule has 47 heavy (non-hydrogen) atoms. The van der Waals surface area contributed by atoms with Crippen molar-refractivity contribution in [2.45, 2.75) is 62.2 Å². The number of hydrogen-bond acceptors (Lipinski definition) is 8. The summed E-state index contributed by atoms with van der Waals surface area (Å²) in [5, 5.41) is 12.8. The number of rotatable bonds is 9. The van der Waals surface area contributed by atoms with Crippen LogP contribution in [0.2, 0.25) is 10.0 Å². The summed E-state index contributed by atoms with van der Waals surface area (Å²) in [6.45, 7) is 4.75. The smallest absolute Gasteiger partial charge is 0.261 e. The molecule has 2 N–H and O–H groups in total. The molecule has 1 fully saturated rings. The predicted octanol–water partition coefficient (Wildman–Crippen LogP) is 4.32. The normalized spacial score (nSPS) is 20.1. The van der Waals surface area contributed by atoms with Gasteiger partial charge in [0.2, 0.25) is 11.9 Å². The average Bonchev–Trinajstić information content (AvgIpc) is 3.75. The summed E-state index contributed by atoms with van der Waals surface area (Å²) in [5.74, 6) is -0.866. The van der Waals surface area contributed by atoms with Gasteiger partial charge in [-0.15, -0.1) is 0 Å². The van der Waals surface area contributed by atoms with E-state index in [1.54, 1.807) is 45.3 Å². The van der Waals surface area contributed by atoms with E-state index in [4.69, 9.17) is 23.2 Å². The number of aromatic nitrogens is 4. The molecule has 2 unspecified atom stereocenters. The Bertz CT molecular complexity index is 1930. The van der Waals surface area contributed by atoms with Crippen molar-refractivity contribution in [1.29, 1.82) is 0 Å². The predicted molar refractivity (Wildman–Crippen MR) is 177 cm³/mol. The third-order valence-electron chi connectivity index (χ3n) is 8.51. The lowest BCUT2D eigenvalue weighted by atomic mass is 9.91. The fourth-order valence-corrected chi connectivity index (χ4v) is 8.50. The van der Waals surface area contributed by atoms with Gasteiger partial charge in [-0.3, -0.25) is 14.2 Å². The van der Waals surface area contributed by atoms with Crippen LogP contribution in [-0.2, 0) is 31.6 Å². The number of carbonyl (C=O) groups excluding carboxylic acids is 2. The lowest BCUT2D eigenvalue weighted by Crippen LogP contribution is -2.54. The molecule has 2 amide bonds. The van der Waals surface area contributed by atoms with E-state index < -0.39 is 39.0 Å². The maximum Gasteiger partial charge on any atom is 0.261 e. The van der Waals surface area contributed by atoms with Crippen LogP contribution in [0.15, 0.2) is 72.4 Å². The van der Waals surface area contributed by atoms with Crippen LogP contribution in [0.5, 0.6) is 0 Å². The third-order valence-corrected chi connectivity index (χ3v) is 10.8. The number of carbonyl (C=O) groups is 2. The van der Waals surface area contributed by atoms with Crippen LogP contribution in [0.1, 0.15) is 39.2 Å². The van der Waals surface area contributed by atoms with Crippen LogP contribution in [0.3, 0.4) is 0 Å². The Morgan fingerprint density at radius 3 is 2.36 bits per heavy atom. The molecule has 0 radical (unpaired) electrons. The fourth-order valence-electron chi connectivity index (χ4n) is 6.14. The number of sulfonamides is 1. The molecule has 4 heterocycles. The van der Waals surface area contributed by atoms with Crippen molar-refractivity contribution in [2.75, 3.05) is 18.1 Å². The summed E-state index contributed by atoms with van der Waals surface area (Å²) in [4.78, 5) is 41.7.